The molecule has 1 aromatic heterocycles. The van der Waals surface area contributed by atoms with Gasteiger partial charge in [-0.05, 0) is 111 Å². The van der Waals surface area contributed by atoms with Gasteiger partial charge in [-0.2, -0.15) is 8.42 Å². The van der Waals surface area contributed by atoms with Crippen molar-refractivity contribution < 1.29 is 40.4 Å². The van der Waals surface area contributed by atoms with Crippen molar-refractivity contribution in [1.29, 1.82) is 0 Å². The van der Waals surface area contributed by atoms with Crippen LogP contribution in [0.15, 0.2) is 130 Å². The number of nitrogens with one attached hydrogen (secondary N) is 3. The number of amides is 2. The number of fused-ring (bicyclic) bond motifs is 5. The molecule has 2 aliphatic heterocycles. The maximum absolute atomic E-state index is 13.1. The van der Waals surface area contributed by atoms with Crippen LogP contribution in [0.25, 0.3) is 21.7 Å². The zero-order valence-electron chi connectivity index (χ0n) is 36.6. The number of nitrogens with zero attached hydrogens (tertiary/aromatic N) is 2. The van der Waals surface area contributed by atoms with Gasteiger partial charge in [-0.15, -0.1) is 0 Å². The molecule has 0 radical (unpaired) electrons. The maximum atomic E-state index is 13.1. The first-order valence-electron chi connectivity index (χ1n) is 21.1. The van der Waals surface area contributed by atoms with Crippen LogP contribution in [0.3, 0.4) is 0 Å². The van der Waals surface area contributed by atoms with Crippen LogP contribution in [0.1, 0.15) is 64.5 Å². The van der Waals surface area contributed by atoms with E-state index in [9.17, 15) is 40.3 Å². The van der Waals surface area contributed by atoms with Crippen molar-refractivity contribution in [1.82, 2.24) is 9.88 Å². The second-order valence-electron chi connectivity index (χ2n) is 17.7. The number of hydrogen-bond donors (Lipinski definition) is 4. The molecule has 0 bridgehead atoms. The summed E-state index contributed by atoms with van der Waals surface area (Å²) in [5.41, 5.74) is 4.13. The van der Waals surface area contributed by atoms with E-state index in [4.69, 9.17) is 0 Å². The van der Waals surface area contributed by atoms with E-state index in [-0.39, 0.29) is 46.2 Å². The molecular weight excluding hydrogens is 855 g/mol. The Morgan fingerprint density at radius 3 is 2.30 bits per heavy atom. The van der Waals surface area contributed by atoms with Gasteiger partial charge in [-0.25, -0.2) is 8.42 Å². The fraction of sp³-hybridized carbons (Fsp3) is 0.312. The summed E-state index contributed by atoms with van der Waals surface area (Å²) < 4.78 is 69.5. The second kappa shape index (κ2) is 17.6. The molecule has 4 N–H and O–H groups in total. The maximum Gasteiger partial charge on any atom is 0.294 e. The second-order valence-corrected chi connectivity index (χ2v) is 20.5. The smallest absolute Gasteiger partial charge is 0.294 e. The first kappa shape index (κ1) is 46.1. The highest BCUT2D eigenvalue weighted by Gasteiger charge is 2.48. The molecule has 336 valence electrons. The Hall–Kier alpha value is -5.91. The largest absolute Gasteiger partial charge is 0.744 e. The van der Waals surface area contributed by atoms with Crippen molar-refractivity contribution in [2.24, 2.45) is 0 Å². The molecule has 14 nitrogen and oxygen atoms in total. The number of allylic oxidation sites excluding steroid dienone is 5. The summed E-state index contributed by atoms with van der Waals surface area (Å²) in [6.07, 6.45) is 12.1. The third kappa shape index (κ3) is 9.19. The number of H-pyrrole nitrogens is 1. The lowest BCUT2D eigenvalue weighted by atomic mass is 9.80. The van der Waals surface area contributed by atoms with Gasteiger partial charge >= 0.3 is 0 Å². The van der Waals surface area contributed by atoms with Crippen LogP contribution in [-0.4, -0.2) is 80.9 Å². The topological polar surface area (TPSA) is 202 Å². The predicted molar refractivity (Wildman–Crippen MR) is 248 cm³/mol. The van der Waals surface area contributed by atoms with E-state index in [1.165, 1.54) is 29.2 Å². The molecule has 2 unspecified atom stereocenters. The molecule has 0 saturated carbocycles. The molecule has 0 spiro atoms. The highest BCUT2D eigenvalue weighted by molar-refractivity contribution is 7.86. The molecule has 5 aromatic rings. The lowest BCUT2D eigenvalue weighted by Gasteiger charge is -2.27. The first-order valence-corrected chi connectivity index (χ1v) is 23.9. The Morgan fingerprint density at radius 2 is 1.58 bits per heavy atom. The standard InChI is InChI=1S/C48H53N5O9S2/c1-47(2)37-28-32(63(57,58)59)21-24-40(37)52(6)42(47)17-9-7-10-18-43-48(3,4)38-29-33(64(60,61)62)22-25-41(38)53(43)26-14-8-11-19-45(55)51(5)30-44(54)49-31-20-23-39-36(27-31)34-15-12-13-16-35(34)46(56)50-39/h7,9-10,12-13,15-18,20-25,27-29,43H,8,11,14,19,26,30H2,1-6H3,(H,49,54)(H,50,56)(H,57,58,59)(H,60,61,62)/b9-7+,18-10+,42-17+. The highest BCUT2D eigenvalue weighted by atomic mass is 32.2. The number of anilines is 2. The third-order valence-electron chi connectivity index (χ3n) is 12.7. The van der Waals surface area contributed by atoms with Gasteiger partial charge in [-0.3, -0.25) is 23.8 Å². The van der Waals surface area contributed by atoms with Crippen molar-refractivity contribution in [3.63, 3.8) is 0 Å². The number of rotatable bonds is 14. The molecule has 2 atom stereocenters. The summed E-state index contributed by atoms with van der Waals surface area (Å²) in [6, 6.07) is 21.5. The summed E-state index contributed by atoms with van der Waals surface area (Å²) in [5.74, 6) is -0.511. The number of unbranched alkanes of at least 4 members (excludes halogenated alkanes) is 2. The predicted octanol–water partition coefficient (Wildman–Crippen LogP) is 6.09. The molecule has 7 rings (SSSR count). The molecule has 0 saturated heterocycles. The van der Waals surface area contributed by atoms with Gasteiger partial charge in [0.15, 0.2) is 0 Å². The average Bonchev–Trinajstić information content (AvgIpc) is 3.56. The minimum Gasteiger partial charge on any atom is -0.744 e. The van der Waals surface area contributed by atoms with Gasteiger partial charge in [0.2, 0.25) is 11.8 Å². The lowest BCUT2D eigenvalue weighted by Crippen LogP contribution is -3.10. The van der Waals surface area contributed by atoms with Crippen LogP contribution in [0.4, 0.5) is 17.1 Å². The monoisotopic (exact) mass is 907 g/mol. The average molecular weight is 908 g/mol. The van der Waals surface area contributed by atoms with Crippen LogP contribution in [-0.2, 0) is 40.7 Å². The molecule has 3 heterocycles. The number of carbonyl (C=O) groups excluding carboxylic acids is 2. The Labute approximate surface area is 373 Å². The Bertz CT molecular complexity index is 3060. The summed E-state index contributed by atoms with van der Waals surface area (Å²) in [6.45, 7) is 8.58. The van der Waals surface area contributed by atoms with Crippen molar-refractivity contribution in [2.45, 2.75) is 80.0 Å². The SMILES string of the molecule is CN(CC(=O)Nc1ccc2[nH]c(=O)c3ccccc3c2c1)C(=O)CCCCC[NH+]1c2ccc(S(=O)(=O)[O-])cc2C(C)(C)C1/C=C/C=C/C=C1/N(C)c2ccc(S(=O)(=O)O)cc2C1(C)C. The fourth-order valence-corrected chi connectivity index (χ4v) is 10.3. The van der Waals surface area contributed by atoms with Crippen molar-refractivity contribution in [3.8, 4) is 0 Å². The van der Waals surface area contributed by atoms with Crippen LogP contribution in [0.2, 0.25) is 0 Å². The van der Waals surface area contributed by atoms with Crippen LogP contribution in [0.5, 0.6) is 0 Å². The minimum atomic E-state index is -4.68. The zero-order chi connectivity index (χ0) is 46.4. The Morgan fingerprint density at radius 1 is 0.875 bits per heavy atom. The van der Waals surface area contributed by atoms with E-state index >= 15 is 0 Å². The first-order chi connectivity index (χ1) is 30.1. The molecule has 4 aromatic carbocycles. The molecule has 0 aliphatic carbocycles. The molecule has 16 heteroatoms. The van der Waals surface area contributed by atoms with Gasteiger partial charge in [0.1, 0.15) is 21.8 Å². The van der Waals surface area contributed by atoms with Gasteiger partial charge in [0, 0.05) is 70.9 Å². The third-order valence-corrected chi connectivity index (χ3v) is 14.4. The number of carbonyl (C=O) groups is 2. The number of aromatic nitrogens is 1. The Balaban J connectivity index is 0.976. The van der Waals surface area contributed by atoms with Crippen LogP contribution in [0, 0.1) is 0 Å². The summed E-state index contributed by atoms with van der Waals surface area (Å²) >= 11 is 0. The Kier molecular flexibility index (Phi) is 12.7. The summed E-state index contributed by atoms with van der Waals surface area (Å²) in [7, 11) is -5.54. The van der Waals surface area contributed by atoms with Gasteiger partial charge < -0.3 is 24.7 Å². The van der Waals surface area contributed by atoms with Crippen molar-refractivity contribution in [2.75, 3.05) is 37.4 Å². The van der Waals surface area contributed by atoms with E-state index < -0.39 is 31.1 Å². The number of benzene rings is 4. The summed E-state index contributed by atoms with van der Waals surface area (Å²) in [4.78, 5) is 45.5. The molecule has 2 amide bonds. The number of hydrogen-bond acceptors (Lipinski definition) is 9. The van der Waals surface area contributed by atoms with E-state index in [1.807, 2.05) is 76.1 Å². The van der Waals surface area contributed by atoms with Crippen molar-refractivity contribution >= 4 is 70.8 Å². The van der Waals surface area contributed by atoms with Crippen LogP contribution < -0.4 is 20.7 Å². The molecular formula is C48H53N5O9S2. The van der Waals surface area contributed by atoms with E-state index in [0.29, 0.717) is 29.6 Å². The highest BCUT2D eigenvalue weighted by Crippen LogP contribution is 2.47. The number of quaternary nitrogens is 1. The zero-order valence-corrected chi connectivity index (χ0v) is 38.3. The van der Waals surface area contributed by atoms with E-state index in [0.717, 1.165) is 56.7 Å². The van der Waals surface area contributed by atoms with Crippen LogP contribution >= 0.6 is 0 Å². The molecule has 0 fully saturated rings. The van der Waals surface area contributed by atoms with E-state index in [1.54, 1.807) is 49.5 Å². The van der Waals surface area contributed by atoms with Gasteiger partial charge in [-0.1, -0.05) is 50.3 Å². The quantitative estimate of drug-likeness (QED) is 0.0438. The van der Waals surface area contributed by atoms with E-state index in [2.05, 4.69) is 16.4 Å². The normalized spacial score (nSPS) is 18.6. The number of pyridine rings is 1. The summed E-state index contributed by atoms with van der Waals surface area (Å²) in [5, 5.41) is 4.99. The number of aromatic amines is 1. The van der Waals surface area contributed by atoms with Crippen molar-refractivity contribution in [3.05, 3.63) is 136 Å². The molecule has 2 aliphatic rings. The minimum absolute atomic E-state index is 0.131. The lowest BCUT2D eigenvalue weighted by molar-refractivity contribution is -0.850. The molecule has 64 heavy (non-hydrogen) atoms. The number of likely N-dealkylation sites (N-methyl/N-ethyl adjacent to an activating group) is 2. The fourth-order valence-electron chi connectivity index (χ4n) is 9.29. The van der Waals surface area contributed by atoms with Gasteiger partial charge in [0.05, 0.1) is 28.3 Å². The van der Waals surface area contributed by atoms with Gasteiger partial charge in [0.25, 0.3) is 15.7 Å².